The van der Waals surface area contributed by atoms with Crippen LogP contribution < -0.4 is 4.74 Å². The van der Waals surface area contributed by atoms with E-state index in [1.54, 1.807) is 13.0 Å². The molecule has 0 aliphatic heterocycles. The fourth-order valence-corrected chi connectivity index (χ4v) is 1.80. The minimum absolute atomic E-state index is 0.0350. The molecule has 0 saturated heterocycles. The van der Waals surface area contributed by atoms with Gasteiger partial charge in [-0.3, -0.25) is 0 Å². The van der Waals surface area contributed by atoms with Crippen LogP contribution in [0.2, 0.25) is 0 Å². The largest absolute Gasteiger partial charge is 0.454 e. The number of hydrogen-bond donors (Lipinski definition) is 1. The van der Waals surface area contributed by atoms with Gasteiger partial charge in [0.05, 0.1) is 6.10 Å². The first-order valence-electron chi connectivity index (χ1n) is 5.89. The van der Waals surface area contributed by atoms with Crippen molar-refractivity contribution in [3.8, 4) is 11.5 Å². The van der Waals surface area contributed by atoms with Gasteiger partial charge in [0.15, 0.2) is 11.6 Å². The maximum absolute atomic E-state index is 13.8. The van der Waals surface area contributed by atoms with Gasteiger partial charge in [-0.2, -0.15) is 0 Å². The van der Waals surface area contributed by atoms with Gasteiger partial charge >= 0.3 is 0 Å². The smallest absolute Gasteiger partial charge is 0.168 e. The van der Waals surface area contributed by atoms with Gasteiger partial charge in [0.25, 0.3) is 0 Å². The third kappa shape index (κ3) is 2.90. The molecule has 1 atom stereocenters. The van der Waals surface area contributed by atoms with Crippen LogP contribution >= 0.6 is 0 Å². The first kappa shape index (κ1) is 13.5. The van der Waals surface area contributed by atoms with Crippen molar-refractivity contribution in [2.24, 2.45) is 0 Å². The van der Waals surface area contributed by atoms with Crippen molar-refractivity contribution in [2.75, 3.05) is 0 Å². The Bertz CT molecular complexity index is 595. The van der Waals surface area contributed by atoms with E-state index in [1.807, 2.05) is 0 Å². The van der Waals surface area contributed by atoms with E-state index in [-0.39, 0.29) is 11.6 Å². The van der Waals surface area contributed by atoms with Crippen molar-refractivity contribution < 1.29 is 18.6 Å². The van der Waals surface area contributed by atoms with Crippen molar-refractivity contribution in [1.82, 2.24) is 0 Å². The molecule has 0 saturated carbocycles. The average Bonchev–Trinajstić information content (AvgIpc) is 2.34. The zero-order chi connectivity index (χ0) is 14.0. The summed E-state index contributed by atoms with van der Waals surface area (Å²) in [5, 5.41) is 9.61. The Morgan fingerprint density at radius 3 is 2.53 bits per heavy atom. The van der Waals surface area contributed by atoms with Crippen molar-refractivity contribution in [2.45, 2.75) is 20.0 Å². The number of benzene rings is 2. The highest BCUT2D eigenvalue weighted by atomic mass is 19.1. The third-order valence-corrected chi connectivity index (χ3v) is 2.80. The Morgan fingerprint density at radius 1 is 1.16 bits per heavy atom. The second-order valence-electron chi connectivity index (χ2n) is 4.35. The van der Waals surface area contributed by atoms with Crippen LogP contribution in [-0.4, -0.2) is 5.11 Å². The van der Waals surface area contributed by atoms with Crippen molar-refractivity contribution >= 4 is 0 Å². The first-order chi connectivity index (χ1) is 8.99. The van der Waals surface area contributed by atoms with Gasteiger partial charge in [-0.05, 0) is 43.7 Å². The van der Waals surface area contributed by atoms with Crippen LogP contribution in [0.5, 0.6) is 11.5 Å². The number of para-hydroxylation sites is 1. The Labute approximate surface area is 110 Å². The lowest BCUT2D eigenvalue weighted by molar-refractivity contribution is 0.194. The molecule has 0 amide bonds. The van der Waals surface area contributed by atoms with Gasteiger partial charge in [-0.25, -0.2) is 8.78 Å². The molecule has 2 rings (SSSR count). The molecule has 0 aliphatic rings. The van der Waals surface area contributed by atoms with E-state index in [1.165, 1.54) is 37.3 Å². The highest BCUT2D eigenvalue weighted by molar-refractivity contribution is 5.42. The molecule has 4 heteroatoms. The fourth-order valence-electron chi connectivity index (χ4n) is 1.80. The van der Waals surface area contributed by atoms with E-state index in [9.17, 15) is 13.9 Å². The molecule has 19 heavy (non-hydrogen) atoms. The predicted molar refractivity (Wildman–Crippen MR) is 68.2 cm³/mol. The molecule has 2 aromatic carbocycles. The van der Waals surface area contributed by atoms with Gasteiger partial charge in [-0.15, -0.1) is 0 Å². The van der Waals surface area contributed by atoms with Gasteiger partial charge in [-0.1, -0.05) is 12.1 Å². The normalized spacial score (nSPS) is 12.3. The summed E-state index contributed by atoms with van der Waals surface area (Å²) in [6, 6.07) is 8.32. The van der Waals surface area contributed by atoms with Crippen molar-refractivity contribution in [3.63, 3.8) is 0 Å². The molecule has 0 heterocycles. The highest BCUT2D eigenvalue weighted by Crippen LogP contribution is 2.33. The number of hydrogen-bond acceptors (Lipinski definition) is 2. The minimum atomic E-state index is -0.855. The Morgan fingerprint density at radius 2 is 1.89 bits per heavy atom. The van der Waals surface area contributed by atoms with Crippen LogP contribution in [0, 0.1) is 18.6 Å². The predicted octanol–water partition coefficient (Wildman–Crippen LogP) is 4.12. The SMILES string of the molecule is Cc1cc(F)ccc1Oc1c(F)cccc1[C@H](C)O. The second kappa shape index (κ2) is 5.36. The summed E-state index contributed by atoms with van der Waals surface area (Å²) in [5.74, 6) is -0.628. The number of aryl methyl sites for hydroxylation is 1. The zero-order valence-corrected chi connectivity index (χ0v) is 10.7. The lowest BCUT2D eigenvalue weighted by Gasteiger charge is -2.15. The summed E-state index contributed by atoms with van der Waals surface area (Å²) in [4.78, 5) is 0. The van der Waals surface area contributed by atoms with E-state index in [4.69, 9.17) is 4.74 Å². The highest BCUT2D eigenvalue weighted by Gasteiger charge is 2.15. The van der Waals surface area contributed by atoms with Crippen molar-refractivity contribution in [1.29, 1.82) is 0 Å². The molecule has 0 bridgehead atoms. The van der Waals surface area contributed by atoms with E-state index in [0.717, 1.165) is 0 Å². The number of ether oxygens (including phenoxy) is 1. The minimum Gasteiger partial charge on any atom is -0.454 e. The Balaban J connectivity index is 2.43. The summed E-state index contributed by atoms with van der Waals surface area (Å²) < 4.78 is 32.3. The van der Waals surface area contributed by atoms with Crippen LogP contribution in [0.15, 0.2) is 36.4 Å². The van der Waals surface area contributed by atoms with E-state index >= 15 is 0 Å². The first-order valence-corrected chi connectivity index (χ1v) is 5.89. The topological polar surface area (TPSA) is 29.5 Å². The maximum atomic E-state index is 13.8. The summed E-state index contributed by atoms with van der Waals surface area (Å²) in [5.41, 5.74) is 0.906. The van der Waals surface area contributed by atoms with Crippen LogP contribution in [-0.2, 0) is 0 Å². The quantitative estimate of drug-likeness (QED) is 0.903. The number of aliphatic hydroxyl groups is 1. The molecule has 0 aromatic heterocycles. The Kier molecular flexibility index (Phi) is 3.81. The zero-order valence-electron chi connectivity index (χ0n) is 10.7. The van der Waals surface area contributed by atoms with Crippen molar-refractivity contribution in [3.05, 3.63) is 59.2 Å². The summed E-state index contributed by atoms with van der Waals surface area (Å²) in [6.07, 6.45) is -0.855. The number of aliphatic hydroxyl groups excluding tert-OH is 1. The molecule has 0 unspecified atom stereocenters. The maximum Gasteiger partial charge on any atom is 0.168 e. The number of halogens is 2. The van der Waals surface area contributed by atoms with Gasteiger partial charge in [0, 0.05) is 5.56 Å². The standard InChI is InChI=1S/C15H14F2O2/c1-9-8-11(16)6-7-14(9)19-15-12(10(2)18)4-3-5-13(15)17/h3-8,10,18H,1-2H3/t10-/m0/s1. The van der Waals surface area contributed by atoms with Crippen LogP contribution in [0.25, 0.3) is 0 Å². The lowest BCUT2D eigenvalue weighted by atomic mass is 10.1. The molecular weight excluding hydrogens is 250 g/mol. The molecule has 2 nitrogen and oxygen atoms in total. The monoisotopic (exact) mass is 264 g/mol. The van der Waals surface area contributed by atoms with E-state index in [2.05, 4.69) is 0 Å². The molecule has 2 aromatic rings. The average molecular weight is 264 g/mol. The lowest BCUT2D eigenvalue weighted by Crippen LogP contribution is -1.99. The summed E-state index contributed by atoms with van der Waals surface area (Å²) >= 11 is 0. The van der Waals surface area contributed by atoms with Gasteiger partial charge in [0.2, 0.25) is 0 Å². The van der Waals surface area contributed by atoms with Crippen LogP contribution in [0.3, 0.4) is 0 Å². The molecule has 0 fully saturated rings. The van der Waals surface area contributed by atoms with E-state index in [0.29, 0.717) is 16.9 Å². The summed E-state index contributed by atoms with van der Waals surface area (Å²) in [7, 11) is 0. The van der Waals surface area contributed by atoms with Gasteiger partial charge in [0.1, 0.15) is 11.6 Å². The molecule has 0 aliphatic carbocycles. The molecule has 100 valence electrons. The fraction of sp³-hybridized carbons (Fsp3) is 0.200. The molecule has 0 spiro atoms. The second-order valence-corrected chi connectivity index (χ2v) is 4.35. The van der Waals surface area contributed by atoms with Crippen LogP contribution in [0.1, 0.15) is 24.2 Å². The molecule has 0 radical (unpaired) electrons. The van der Waals surface area contributed by atoms with Gasteiger partial charge < -0.3 is 9.84 Å². The number of rotatable bonds is 3. The summed E-state index contributed by atoms with van der Waals surface area (Å²) in [6.45, 7) is 3.19. The van der Waals surface area contributed by atoms with E-state index < -0.39 is 11.9 Å². The molecular formula is C15H14F2O2. The molecule has 1 N–H and O–H groups in total. The van der Waals surface area contributed by atoms with Crippen LogP contribution in [0.4, 0.5) is 8.78 Å². The Hall–Kier alpha value is -1.94. The third-order valence-electron chi connectivity index (χ3n) is 2.80.